The van der Waals surface area contributed by atoms with Crippen molar-refractivity contribution in [2.24, 2.45) is 12.0 Å². The molecule has 0 radical (unpaired) electrons. The highest BCUT2D eigenvalue weighted by Crippen LogP contribution is 2.17. The zero-order chi connectivity index (χ0) is 20.5. The first-order chi connectivity index (χ1) is 13.5. The number of aliphatic imine (C=N–C) groups is 1. The number of nitrogens with one attached hydrogen (secondary N) is 1. The molecule has 1 N–H and O–H groups in total. The number of benzene rings is 1. The fraction of sp³-hybridized carbons (Fsp3) is 0.524. The fourth-order valence-electron chi connectivity index (χ4n) is 3.22. The number of aromatic nitrogens is 2. The van der Waals surface area contributed by atoms with Crippen molar-refractivity contribution < 1.29 is 9.47 Å². The molecule has 0 saturated heterocycles. The van der Waals surface area contributed by atoms with Gasteiger partial charge in [-0.15, -0.1) is 24.0 Å². The molecule has 1 aromatic carbocycles. The van der Waals surface area contributed by atoms with Crippen LogP contribution >= 0.6 is 24.0 Å². The molecule has 8 heteroatoms. The molecule has 0 fully saturated rings. The first-order valence-electron chi connectivity index (χ1n) is 9.76. The summed E-state index contributed by atoms with van der Waals surface area (Å²) in [6, 6.07) is 7.61. The standard InChI is InChI=1S/C21H33N5O2.HI/c1-7-19-18(20(8-2)26(5)24-19)15-23-21(22-3)25(4)13-14-28-17-11-9-16(27-6)10-12-17;/h9-12H,7-8,13-15H2,1-6H3,(H,22,23);1H. The molecule has 7 nitrogen and oxygen atoms in total. The molecule has 0 aliphatic heterocycles. The van der Waals surface area contributed by atoms with Crippen LogP contribution in [-0.4, -0.2) is 55.0 Å². The third-order valence-corrected chi connectivity index (χ3v) is 4.78. The van der Waals surface area contributed by atoms with E-state index in [1.54, 1.807) is 14.2 Å². The van der Waals surface area contributed by atoms with Gasteiger partial charge in [0, 0.05) is 38.9 Å². The van der Waals surface area contributed by atoms with Crippen LogP contribution in [0.5, 0.6) is 11.5 Å². The maximum absolute atomic E-state index is 5.82. The molecule has 2 rings (SSSR count). The lowest BCUT2D eigenvalue weighted by atomic mass is 10.1. The second kappa shape index (κ2) is 12.6. The van der Waals surface area contributed by atoms with Crippen LogP contribution in [-0.2, 0) is 26.4 Å². The van der Waals surface area contributed by atoms with E-state index in [1.165, 1.54) is 11.3 Å². The van der Waals surface area contributed by atoms with Crippen molar-refractivity contribution in [1.29, 1.82) is 0 Å². The Morgan fingerprint density at radius 1 is 1.17 bits per heavy atom. The van der Waals surface area contributed by atoms with Gasteiger partial charge in [0.25, 0.3) is 0 Å². The molecule has 0 atom stereocenters. The molecule has 1 aromatic heterocycles. The second-order valence-electron chi connectivity index (χ2n) is 6.55. The highest BCUT2D eigenvalue weighted by Gasteiger charge is 2.15. The number of halogens is 1. The Morgan fingerprint density at radius 2 is 1.83 bits per heavy atom. The average molecular weight is 515 g/mol. The largest absolute Gasteiger partial charge is 0.497 e. The van der Waals surface area contributed by atoms with E-state index in [0.29, 0.717) is 6.61 Å². The van der Waals surface area contributed by atoms with Crippen LogP contribution in [0.1, 0.15) is 30.8 Å². The predicted octanol–water partition coefficient (Wildman–Crippen LogP) is 3.26. The van der Waals surface area contributed by atoms with E-state index < -0.39 is 0 Å². The number of ether oxygens (including phenoxy) is 2. The summed E-state index contributed by atoms with van der Waals surface area (Å²) < 4.78 is 13.0. The lowest BCUT2D eigenvalue weighted by Crippen LogP contribution is -2.40. The summed E-state index contributed by atoms with van der Waals surface area (Å²) in [4.78, 5) is 6.47. The molecule has 0 bridgehead atoms. The van der Waals surface area contributed by atoms with Crippen molar-refractivity contribution in [3.63, 3.8) is 0 Å². The van der Waals surface area contributed by atoms with Crippen molar-refractivity contribution in [1.82, 2.24) is 20.0 Å². The summed E-state index contributed by atoms with van der Waals surface area (Å²) in [5, 5.41) is 8.10. The maximum atomic E-state index is 5.82. The molecule has 1 heterocycles. The third-order valence-electron chi connectivity index (χ3n) is 4.78. The summed E-state index contributed by atoms with van der Waals surface area (Å²) in [7, 11) is 7.48. The first kappa shape index (κ1) is 25.1. The van der Waals surface area contributed by atoms with E-state index in [9.17, 15) is 0 Å². The Kier molecular flexibility index (Phi) is 10.9. The molecular weight excluding hydrogens is 481 g/mol. The molecule has 0 spiro atoms. The predicted molar refractivity (Wildman–Crippen MR) is 129 cm³/mol. The monoisotopic (exact) mass is 515 g/mol. The minimum absolute atomic E-state index is 0. The van der Waals surface area contributed by atoms with E-state index in [1.807, 2.05) is 43.0 Å². The van der Waals surface area contributed by atoms with Gasteiger partial charge in [-0.25, -0.2) is 0 Å². The molecule has 0 unspecified atom stereocenters. The van der Waals surface area contributed by atoms with Gasteiger partial charge in [-0.05, 0) is 37.1 Å². The Labute approximate surface area is 191 Å². The summed E-state index contributed by atoms with van der Waals surface area (Å²) in [6.45, 7) is 6.31. The van der Waals surface area contributed by atoms with Gasteiger partial charge in [0.15, 0.2) is 5.96 Å². The maximum Gasteiger partial charge on any atom is 0.193 e. The van der Waals surface area contributed by atoms with Gasteiger partial charge in [-0.2, -0.15) is 5.10 Å². The van der Waals surface area contributed by atoms with Crippen molar-refractivity contribution in [3.8, 4) is 11.5 Å². The van der Waals surface area contributed by atoms with Gasteiger partial charge in [-0.1, -0.05) is 13.8 Å². The van der Waals surface area contributed by atoms with Gasteiger partial charge in [0.1, 0.15) is 18.1 Å². The van der Waals surface area contributed by atoms with Gasteiger partial charge in [0.05, 0.1) is 19.3 Å². The average Bonchev–Trinajstić information content (AvgIpc) is 3.03. The van der Waals surface area contributed by atoms with Gasteiger partial charge >= 0.3 is 0 Å². The van der Waals surface area contributed by atoms with E-state index in [4.69, 9.17) is 9.47 Å². The number of guanidine groups is 1. The Balaban J connectivity index is 0.00000420. The quantitative estimate of drug-likeness (QED) is 0.316. The van der Waals surface area contributed by atoms with Crippen LogP contribution in [0, 0.1) is 0 Å². The number of rotatable bonds is 9. The van der Waals surface area contributed by atoms with Gasteiger partial charge in [0.2, 0.25) is 0 Å². The van der Waals surface area contributed by atoms with Crippen LogP contribution < -0.4 is 14.8 Å². The lowest BCUT2D eigenvalue weighted by molar-refractivity contribution is 0.281. The van der Waals surface area contributed by atoms with Crippen molar-refractivity contribution in [3.05, 3.63) is 41.2 Å². The molecule has 29 heavy (non-hydrogen) atoms. The molecule has 2 aromatic rings. The minimum atomic E-state index is 0. The Morgan fingerprint density at radius 3 is 2.38 bits per heavy atom. The van der Waals surface area contributed by atoms with E-state index in [2.05, 4.69) is 34.2 Å². The number of hydrogen-bond donors (Lipinski definition) is 1. The highest BCUT2D eigenvalue weighted by atomic mass is 127. The second-order valence-corrected chi connectivity index (χ2v) is 6.55. The Bertz CT molecular complexity index is 774. The Hall–Kier alpha value is -1.97. The fourth-order valence-corrected chi connectivity index (χ4v) is 3.22. The summed E-state index contributed by atoms with van der Waals surface area (Å²) >= 11 is 0. The topological polar surface area (TPSA) is 63.9 Å². The number of aryl methyl sites for hydroxylation is 2. The van der Waals surface area contributed by atoms with E-state index in [-0.39, 0.29) is 24.0 Å². The summed E-state index contributed by atoms with van der Waals surface area (Å²) in [6.07, 6.45) is 1.89. The molecular formula is C21H34IN5O2. The van der Waals surface area contributed by atoms with Gasteiger partial charge in [-0.3, -0.25) is 9.67 Å². The summed E-state index contributed by atoms with van der Waals surface area (Å²) in [5.74, 6) is 2.49. The number of methoxy groups -OCH3 is 1. The van der Waals surface area contributed by atoms with Crippen LogP contribution in [0.3, 0.4) is 0 Å². The van der Waals surface area contributed by atoms with Crippen molar-refractivity contribution in [2.75, 3.05) is 34.4 Å². The third kappa shape index (κ3) is 6.80. The van der Waals surface area contributed by atoms with Gasteiger partial charge < -0.3 is 19.7 Å². The molecule has 162 valence electrons. The zero-order valence-electron chi connectivity index (χ0n) is 18.4. The number of hydrogen-bond acceptors (Lipinski definition) is 4. The van der Waals surface area contributed by atoms with E-state index >= 15 is 0 Å². The first-order valence-corrected chi connectivity index (χ1v) is 9.76. The molecule has 0 saturated carbocycles. The SMILES string of the molecule is CCc1nn(C)c(CC)c1CNC(=NC)N(C)CCOc1ccc(OC)cc1.I. The smallest absolute Gasteiger partial charge is 0.193 e. The summed E-state index contributed by atoms with van der Waals surface area (Å²) in [5.41, 5.74) is 3.69. The van der Waals surface area contributed by atoms with Crippen molar-refractivity contribution >= 4 is 29.9 Å². The van der Waals surface area contributed by atoms with Crippen LogP contribution in [0.15, 0.2) is 29.3 Å². The van der Waals surface area contributed by atoms with E-state index in [0.717, 1.165) is 49.1 Å². The lowest BCUT2D eigenvalue weighted by Gasteiger charge is -2.22. The zero-order valence-corrected chi connectivity index (χ0v) is 20.7. The minimum Gasteiger partial charge on any atom is -0.497 e. The molecule has 0 aliphatic rings. The van der Waals surface area contributed by atoms with Crippen molar-refractivity contribution in [2.45, 2.75) is 33.2 Å². The van der Waals surface area contributed by atoms with Crippen LogP contribution in [0.2, 0.25) is 0 Å². The number of likely N-dealkylation sites (N-methyl/N-ethyl adjacent to an activating group) is 1. The normalized spacial score (nSPS) is 11.0. The van der Waals surface area contributed by atoms with Crippen LogP contribution in [0.4, 0.5) is 0 Å². The highest BCUT2D eigenvalue weighted by molar-refractivity contribution is 14.0. The molecule has 0 amide bonds. The molecule has 0 aliphatic carbocycles. The number of nitrogens with zero attached hydrogens (tertiary/aromatic N) is 4. The van der Waals surface area contributed by atoms with Crippen LogP contribution in [0.25, 0.3) is 0 Å².